The van der Waals surface area contributed by atoms with E-state index in [0.717, 1.165) is 0 Å². The molecule has 0 radical (unpaired) electrons. The van der Waals surface area contributed by atoms with Gasteiger partial charge in [-0.05, 0) is 30.6 Å². The molecule has 0 saturated carbocycles. The van der Waals surface area contributed by atoms with Crippen LogP contribution in [-0.2, 0) is 19.2 Å². The normalized spacial score (nSPS) is 20.6. The maximum Gasteiger partial charge on any atom is 0.326 e. The number of likely N-dealkylation sites (tertiary alicyclic amines) is 1. The summed E-state index contributed by atoms with van der Waals surface area (Å²) in [6, 6.07) is -3.33. The van der Waals surface area contributed by atoms with Gasteiger partial charge in [0.25, 0.3) is 0 Å². The lowest BCUT2D eigenvalue weighted by Crippen LogP contribution is -2.60. The summed E-state index contributed by atoms with van der Waals surface area (Å²) in [6.07, 6.45) is 1.64. The van der Waals surface area contributed by atoms with Gasteiger partial charge in [0.1, 0.15) is 18.1 Å². The van der Waals surface area contributed by atoms with Crippen LogP contribution in [0.4, 0.5) is 0 Å². The predicted molar refractivity (Wildman–Crippen MR) is 113 cm³/mol. The van der Waals surface area contributed by atoms with E-state index in [9.17, 15) is 24.3 Å². The number of carboxylic acids is 1. The van der Waals surface area contributed by atoms with Crippen molar-refractivity contribution in [2.75, 3.05) is 6.54 Å². The highest BCUT2D eigenvalue weighted by Crippen LogP contribution is 2.21. The Morgan fingerprint density at radius 2 is 1.57 bits per heavy atom. The first-order valence-corrected chi connectivity index (χ1v) is 10.8. The summed E-state index contributed by atoms with van der Waals surface area (Å²) in [5.41, 5.74) is 5.89. The lowest BCUT2D eigenvalue weighted by molar-refractivity contribution is -0.150. The van der Waals surface area contributed by atoms with Crippen molar-refractivity contribution in [1.29, 1.82) is 0 Å². The Morgan fingerprint density at radius 3 is 2.03 bits per heavy atom. The Kier molecular flexibility index (Phi) is 9.74. The van der Waals surface area contributed by atoms with Crippen LogP contribution in [0.15, 0.2) is 0 Å². The minimum absolute atomic E-state index is 0.0848. The van der Waals surface area contributed by atoms with Crippen molar-refractivity contribution in [2.45, 2.75) is 85.0 Å². The van der Waals surface area contributed by atoms with E-state index in [2.05, 4.69) is 10.6 Å². The summed E-state index contributed by atoms with van der Waals surface area (Å²) >= 11 is 0. The Morgan fingerprint density at radius 1 is 1.00 bits per heavy atom. The van der Waals surface area contributed by atoms with Crippen molar-refractivity contribution < 1.29 is 24.3 Å². The van der Waals surface area contributed by atoms with Crippen LogP contribution in [0.5, 0.6) is 0 Å². The van der Waals surface area contributed by atoms with E-state index in [1.807, 2.05) is 27.7 Å². The van der Waals surface area contributed by atoms with Gasteiger partial charge >= 0.3 is 5.97 Å². The van der Waals surface area contributed by atoms with Gasteiger partial charge in [-0.25, -0.2) is 4.79 Å². The minimum Gasteiger partial charge on any atom is -0.480 e. The highest BCUT2D eigenvalue weighted by molar-refractivity contribution is 5.94. The molecule has 1 aliphatic rings. The highest BCUT2D eigenvalue weighted by Gasteiger charge is 2.40. The van der Waals surface area contributed by atoms with Gasteiger partial charge in [0, 0.05) is 6.54 Å². The summed E-state index contributed by atoms with van der Waals surface area (Å²) in [6.45, 7) is 11.3. The predicted octanol–water partition coefficient (Wildman–Crippen LogP) is 0.717. The standard InChI is InChI=1S/C21H38N4O5/c1-7-13(6)17(20(28)25-10-8-9-14(25)21(29)30)24-19(27)16(12(4)5)23-18(26)15(22)11(2)3/h11-17H,7-10,22H2,1-6H3,(H,23,26)(H,24,27)(H,29,30). The molecule has 9 nitrogen and oxygen atoms in total. The molecule has 1 rings (SSSR count). The topological polar surface area (TPSA) is 142 Å². The second-order valence-electron chi connectivity index (χ2n) is 8.90. The Balaban J connectivity index is 3.01. The Hall–Kier alpha value is -2.16. The fraction of sp³-hybridized carbons (Fsp3) is 0.810. The largest absolute Gasteiger partial charge is 0.480 e. The summed E-state index contributed by atoms with van der Waals surface area (Å²) in [5, 5.41) is 14.9. The van der Waals surface area contributed by atoms with Gasteiger partial charge in [-0.1, -0.05) is 48.0 Å². The van der Waals surface area contributed by atoms with Crippen molar-refractivity contribution in [3.63, 3.8) is 0 Å². The molecule has 0 aromatic heterocycles. The number of nitrogens with zero attached hydrogens (tertiary/aromatic N) is 1. The van der Waals surface area contributed by atoms with Crippen molar-refractivity contribution in [2.24, 2.45) is 23.5 Å². The molecular formula is C21H38N4O5. The van der Waals surface area contributed by atoms with Crippen LogP contribution < -0.4 is 16.4 Å². The fourth-order valence-electron chi connectivity index (χ4n) is 3.48. The van der Waals surface area contributed by atoms with Crippen LogP contribution in [-0.4, -0.2) is 64.4 Å². The van der Waals surface area contributed by atoms with Gasteiger partial charge in [-0.2, -0.15) is 0 Å². The summed E-state index contributed by atoms with van der Waals surface area (Å²) in [5.74, 6) is -2.83. The zero-order valence-electron chi connectivity index (χ0n) is 19.0. The van der Waals surface area contributed by atoms with Gasteiger partial charge in [-0.15, -0.1) is 0 Å². The molecule has 5 atom stereocenters. The van der Waals surface area contributed by atoms with E-state index in [0.29, 0.717) is 25.8 Å². The quantitative estimate of drug-likeness (QED) is 0.405. The molecule has 1 aliphatic heterocycles. The molecule has 1 fully saturated rings. The van der Waals surface area contributed by atoms with Crippen molar-refractivity contribution in [3.05, 3.63) is 0 Å². The van der Waals surface area contributed by atoms with E-state index in [-0.39, 0.29) is 17.8 Å². The summed E-state index contributed by atoms with van der Waals surface area (Å²) in [7, 11) is 0. The molecule has 5 N–H and O–H groups in total. The number of hydrogen-bond donors (Lipinski definition) is 4. The number of rotatable bonds is 10. The molecule has 0 aliphatic carbocycles. The number of carbonyl (C=O) groups excluding carboxylic acids is 3. The molecule has 3 amide bonds. The van der Waals surface area contributed by atoms with Gasteiger partial charge in [-0.3, -0.25) is 14.4 Å². The SMILES string of the molecule is CCC(C)C(NC(=O)C(NC(=O)C(N)C(C)C)C(C)C)C(=O)N1CCCC1C(=O)O. The third kappa shape index (κ3) is 6.42. The third-order valence-electron chi connectivity index (χ3n) is 5.87. The maximum atomic E-state index is 13.1. The fourth-order valence-corrected chi connectivity index (χ4v) is 3.48. The van der Waals surface area contributed by atoms with Crippen LogP contribution in [0.3, 0.4) is 0 Å². The van der Waals surface area contributed by atoms with Gasteiger partial charge in [0.05, 0.1) is 6.04 Å². The Bertz CT molecular complexity index is 637. The first-order valence-electron chi connectivity index (χ1n) is 10.8. The van der Waals surface area contributed by atoms with Crippen LogP contribution in [0.1, 0.15) is 60.8 Å². The summed E-state index contributed by atoms with van der Waals surface area (Å²) in [4.78, 5) is 51.4. The first-order chi connectivity index (χ1) is 13.9. The van der Waals surface area contributed by atoms with Crippen LogP contribution in [0.2, 0.25) is 0 Å². The highest BCUT2D eigenvalue weighted by atomic mass is 16.4. The van der Waals surface area contributed by atoms with E-state index < -0.39 is 47.9 Å². The van der Waals surface area contributed by atoms with Gasteiger partial charge in [0.15, 0.2) is 0 Å². The van der Waals surface area contributed by atoms with Crippen molar-refractivity contribution in [3.8, 4) is 0 Å². The molecule has 30 heavy (non-hydrogen) atoms. The van der Waals surface area contributed by atoms with Crippen LogP contribution in [0, 0.1) is 17.8 Å². The monoisotopic (exact) mass is 426 g/mol. The smallest absolute Gasteiger partial charge is 0.326 e. The van der Waals surface area contributed by atoms with E-state index in [1.165, 1.54) is 4.90 Å². The molecular weight excluding hydrogens is 388 g/mol. The van der Waals surface area contributed by atoms with Crippen molar-refractivity contribution >= 4 is 23.7 Å². The number of aliphatic carboxylic acids is 1. The van der Waals surface area contributed by atoms with E-state index in [4.69, 9.17) is 5.73 Å². The molecule has 0 spiro atoms. The molecule has 0 aromatic rings. The maximum absolute atomic E-state index is 13.1. The molecule has 1 heterocycles. The van der Waals surface area contributed by atoms with Crippen molar-refractivity contribution in [1.82, 2.24) is 15.5 Å². The Labute approximate surface area is 179 Å². The zero-order chi connectivity index (χ0) is 23.2. The van der Waals surface area contributed by atoms with Gasteiger partial charge < -0.3 is 26.4 Å². The number of hydrogen-bond acceptors (Lipinski definition) is 5. The first kappa shape index (κ1) is 25.9. The van der Waals surface area contributed by atoms with Gasteiger partial charge in [0.2, 0.25) is 17.7 Å². The second-order valence-corrected chi connectivity index (χ2v) is 8.90. The second kappa shape index (κ2) is 11.3. The molecule has 0 aromatic carbocycles. The average Bonchev–Trinajstić information content (AvgIpc) is 3.17. The number of carbonyl (C=O) groups is 4. The molecule has 172 valence electrons. The molecule has 1 saturated heterocycles. The lowest BCUT2D eigenvalue weighted by Gasteiger charge is -2.32. The summed E-state index contributed by atoms with van der Waals surface area (Å²) < 4.78 is 0. The van der Waals surface area contributed by atoms with Crippen LogP contribution in [0.25, 0.3) is 0 Å². The molecule has 9 heteroatoms. The van der Waals surface area contributed by atoms with Crippen LogP contribution >= 0.6 is 0 Å². The molecule has 0 bridgehead atoms. The number of carboxylic acid groups (broad SMARTS) is 1. The minimum atomic E-state index is -1.04. The number of nitrogens with one attached hydrogen (secondary N) is 2. The number of nitrogens with two attached hydrogens (primary N) is 1. The number of amides is 3. The average molecular weight is 427 g/mol. The molecule has 5 unspecified atom stereocenters. The third-order valence-corrected chi connectivity index (χ3v) is 5.87. The van der Waals surface area contributed by atoms with E-state index >= 15 is 0 Å². The zero-order valence-corrected chi connectivity index (χ0v) is 19.0. The lowest BCUT2D eigenvalue weighted by atomic mass is 9.95. The van der Waals surface area contributed by atoms with E-state index in [1.54, 1.807) is 13.8 Å².